The van der Waals surface area contributed by atoms with Crippen LogP contribution in [0.25, 0.3) is 0 Å². The number of aliphatic imine (C=N–C) groups is 1. The number of hydrogen-bond acceptors (Lipinski definition) is 4. The summed E-state index contributed by atoms with van der Waals surface area (Å²) in [6.45, 7) is 1.74. The van der Waals surface area contributed by atoms with E-state index in [4.69, 9.17) is 9.73 Å². The highest BCUT2D eigenvalue weighted by molar-refractivity contribution is 6.06. The minimum Gasteiger partial charge on any atom is -0.494 e. The van der Waals surface area contributed by atoms with Crippen LogP contribution in [0.1, 0.15) is 27.9 Å². The zero-order valence-corrected chi connectivity index (χ0v) is 14.2. The fourth-order valence-corrected chi connectivity index (χ4v) is 2.76. The average molecular weight is 322 g/mol. The van der Waals surface area contributed by atoms with Crippen LogP contribution in [0.5, 0.6) is 5.75 Å². The second kappa shape index (κ2) is 7.41. The average Bonchev–Trinajstić information content (AvgIpc) is 3.02. The molecular formula is C20H22N2O2. The first kappa shape index (κ1) is 16.4. The summed E-state index contributed by atoms with van der Waals surface area (Å²) in [6, 6.07) is 13.6. The van der Waals surface area contributed by atoms with Crippen LogP contribution in [0, 0.1) is 0 Å². The summed E-state index contributed by atoms with van der Waals surface area (Å²) in [5.41, 5.74) is 4.97. The fraction of sp³-hybridized carbons (Fsp3) is 0.300. The van der Waals surface area contributed by atoms with Crippen molar-refractivity contribution in [3.8, 4) is 5.75 Å². The molecule has 124 valence electrons. The summed E-state index contributed by atoms with van der Waals surface area (Å²) in [4.78, 5) is 17.6. The number of aldehydes is 1. The highest BCUT2D eigenvalue weighted by atomic mass is 16.5. The molecule has 0 saturated heterocycles. The van der Waals surface area contributed by atoms with Gasteiger partial charge in [-0.3, -0.25) is 9.79 Å². The van der Waals surface area contributed by atoms with Crippen molar-refractivity contribution in [3.63, 3.8) is 0 Å². The predicted octanol–water partition coefficient (Wildman–Crippen LogP) is 3.51. The Morgan fingerprint density at radius 2 is 1.96 bits per heavy atom. The minimum atomic E-state index is 0.684. The molecule has 4 heteroatoms. The van der Waals surface area contributed by atoms with Gasteiger partial charge in [0.25, 0.3) is 0 Å². The molecule has 0 bridgehead atoms. The number of carbonyl (C=O) groups is 1. The zero-order chi connectivity index (χ0) is 16.9. The highest BCUT2D eigenvalue weighted by Crippen LogP contribution is 2.32. The van der Waals surface area contributed by atoms with E-state index in [0.29, 0.717) is 5.56 Å². The number of ether oxygens (including phenoxy) is 1. The van der Waals surface area contributed by atoms with Crippen LogP contribution in [0.4, 0.5) is 5.69 Å². The SMILES string of the molecule is CN(C)CCCOc1ccc2c(c1)CC(c1ccc(C=O)cc1)=N2. The van der Waals surface area contributed by atoms with Gasteiger partial charge in [-0.25, -0.2) is 0 Å². The molecule has 0 unspecified atom stereocenters. The van der Waals surface area contributed by atoms with Crippen LogP contribution in [-0.4, -0.2) is 44.1 Å². The van der Waals surface area contributed by atoms with Crippen LogP contribution in [0.15, 0.2) is 47.5 Å². The molecule has 0 spiro atoms. The number of rotatable bonds is 7. The third-order valence-corrected chi connectivity index (χ3v) is 4.06. The lowest BCUT2D eigenvalue weighted by atomic mass is 10.0. The lowest BCUT2D eigenvalue weighted by Crippen LogP contribution is -2.15. The Labute approximate surface area is 142 Å². The largest absolute Gasteiger partial charge is 0.494 e. The van der Waals surface area contributed by atoms with Gasteiger partial charge in [0.2, 0.25) is 0 Å². The van der Waals surface area contributed by atoms with E-state index in [1.807, 2.05) is 36.4 Å². The molecule has 24 heavy (non-hydrogen) atoms. The van der Waals surface area contributed by atoms with Gasteiger partial charge >= 0.3 is 0 Å². The zero-order valence-electron chi connectivity index (χ0n) is 14.2. The maximum atomic E-state index is 10.8. The van der Waals surface area contributed by atoms with Gasteiger partial charge < -0.3 is 9.64 Å². The summed E-state index contributed by atoms with van der Waals surface area (Å²) in [6.07, 6.45) is 2.66. The molecular weight excluding hydrogens is 300 g/mol. The van der Waals surface area contributed by atoms with Crippen molar-refractivity contribution in [2.45, 2.75) is 12.8 Å². The predicted molar refractivity (Wildman–Crippen MR) is 96.8 cm³/mol. The van der Waals surface area contributed by atoms with Crippen molar-refractivity contribution >= 4 is 17.7 Å². The Morgan fingerprint density at radius 1 is 1.17 bits per heavy atom. The lowest BCUT2D eigenvalue weighted by Gasteiger charge is -2.11. The van der Waals surface area contributed by atoms with E-state index in [-0.39, 0.29) is 0 Å². The lowest BCUT2D eigenvalue weighted by molar-refractivity contribution is 0.112. The Bertz CT molecular complexity index is 749. The van der Waals surface area contributed by atoms with Gasteiger partial charge in [-0.15, -0.1) is 0 Å². The first-order valence-corrected chi connectivity index (χ1v) is 8.19. The number of hydrogen-bond donors (Lipinski definition) is 0. The van der Waals surface area contributed by atoms with Gasteiger partial charge in [0, 0.05) is 18.5 Å². The summed E-state index contributed by atoms with van der Waals surface area (Å²) in [5.74, 6) is 0.903. The van der Waals surface area contributed by atoms with Crippen molar-refractivity contribution in [1.29, 1.82) is 0 Å². The van der Waals surface area contributed by atoms with E-state index < -0.39 is 0 Å². The molecule has 0 amide bonds. The van der Waals surface area contributed by atoms with Crippen molar-refractivity contribution in [3.05, 3.63) is 59.2 Å². The van der Waals surface area contributed by atoms with E-state index in [1.165, 1.54) is 5.56 Å². The summed E-state index contributed by atoms with van der Waals surface area (Å²) in [7, 11) is 4.13. The van der Waals surface area contributed by atoms with Crippen molar-refractivity contribution in [2.75, 3.05) is 27.2 Å². The molecule has 0 fully saturated rings. The summed E-state index contributed by atoms with van der Waals surface area (Å²) >= 11 is 0. The number of fused-ring (bicyclic) bond motifs is 1. The van der Waals surface area contributed by atoms with Crippen LogP contribution in [0.2, 0.25) is 0 Å². The molecule has 0 N–H and O–H groups in total. The molecule has 0 aromatic heterocycles. The topological polar surface area (TPSA) is 41.9 Å². The van der Waals surface area contributed by atoms with Gasteiger partial charge in [-0.1, -0.05) is 24.3 Å². The van der Waals surface area contributed by atoms with Crippen molar-refractivity contribution in [2.24, 2.45) is 4.99 Å². The normalized spacial score (nSPS) is 12.9. The number of benzene rings is 2. The summed E-state index contributed by atoms with van der Waals surface area (Å²) < 4.78 is 5.84. The van der Waals surface area contributed by atoms with E-state index in [1.54, 1.807) is 0 Å². The quantitative estimate of drug-likeness (QED) is 0.579. The van der Waals surface area contributed by atoms with Gasteiger partial charge in [-0.2, -0.15) is 0 Å². The van der Waals surface area contributed by atoms with E-state index in [0.717, 1.165) is 55.0 Å². The molecule has 0 radical (unpaired) electrons. The Balaban J connectivity index is 1.64. The third kappa shape index (κ3) is 3.89. The van der Waals surface area contributed by atoms with Gasteiger partial charge in [-0.05, 0) is 49.8 Å². The molecule has 0 saturated carbocycles. The summed E-state index contributed by atoms with van der Waals surface area (Å²) in [5, 5.41) is 0. The molecule has 4 nitrogen and oxygen atoms in total. The first-order chi connectivity index (χ1) is 11.7. The second-order valence-corrected chi connectivity index (χ2v) is 6.27. The standard InChI is InChI=1S/C20H22N2O2/c1-22(2)10-3-11-24-18-8-9-19-17(12-18)13-20(21-19)16-6-4-15(14-23)5-7-16/h4-9,12,14H,3,10-11,13H2,1-2H3. The van der Waals surface area contributed by atoms with Gasteiger partial charge in [0.05, 0.1) is 18.0 Å². The van der Waals surface area contributed by atoms with Crippen LogP contribution in [-0.2, 0) is 6.42 Å². The smallest absolute Gasteiger partial charge is 0.150 e. The Morgan fingerprint density at radius 3 is 2.67 bits per heavy atom. The molecule has 1 heterocycles. The monoisotopic (exact) mass is 322 g/mol. The number of nitrogens with zero attached hydrogens (tertiary/aromatic N) is 2. The van der Waals surface area contributed by atoms with Crippen molar-refractivity contribution < 1.29 is 9.53 Å². The Kier molecular flexibility index (Phi) is 5.06. The van der Waals surface area contributed by atoms with Gasteiger partial charge in [0.15, 0.2) is 0 Å². The van der Waals surface area contributed by atoms with Crippen LogP contribution >= 0.6 is 0 Å². The molecule has 3 rings (SSSR count). The molecule has 0 atom stereocenters. The second-order valence-electron chi connectivity index (χ2n) is 6.27. The highest BCUT2D eigenvalue weighted by Gasteiger charge is 2.16. The van der Waals surface area contributed by atoms with Crippen LogP contribution < -0.4 is 4.74 Å². The third-order valence-electron chi connectivity index (χ3n) is 4.06. The fourth-order valence-electron chi connectivity index (χ4n) is 2.76. The van der Waals surface area contributed by atoms with Crippen LogP contribution in [0.3, 0.4) is 0 Å². The first-order valence-electron chi connectivity index (χ1n) is 8.19. The van der Waals surface area contributed by atoms with E-state index in [2.05, 4.69) is 25.1 Å². The number of carbonyl (C=O) groups excluding carboxylic acids is 1. The molecule has 1 aliphatic rings. The molecule has 1 aliphatic heterocycles. The maximum absolute atomic E-state index is 10.8. The molecule has 2 aromatic carbocycles. The molecule has 0 aliphatic carbocycles. The minimum absolute atomic E-state index is 0.684. The van der Waals surface area contributed by atoms with E-state index >= 15 is 0 Å². The Hall–Kier alpha value is -2.46. The van der Waals surface area contributed by atoms with E-state index in [9.17, 15) is 4.79 Å². The van der Waals surface area contributed by atoms with Gasteiger partial charge in [0.1, 0.15) is 12.0 Å². The van der Waals surface area contributed by atoms with Crippen molar-refractivity contribution in [1.82, 2.24) is 4.90 Å². The maximum Gasteiger partial charge on any atom is 0.150 e. The molecule has 2 aromatic rings.